The molecular formula is C27H26N2O3S. The molecule has 0 bridgehead atoms. The molecule has 1 amide bonds. The van der Waals surface area contributed by atoms with Gasteiger partial charge in [-0.15, -0.1) is 6.58 Å². The largest absolute Gasteiger partial charge is 0.321 e. The van der Waals surface area contributed by atoms with Gasteiger partial charge in [0.2, 0.25) is 0 Å². The van der Waals surface area contributed by atoms with Crippen LogP contribution in [0.4, 0.5) is 11.4 Å². The summed E-state index contributed by atoms with van der Waals surface area (Å²) < 4.78 is 29.0. The summed E-state index contributed by atoms with van der Waals surface area (Å²) in [4.78, 5) is 13.4. The fraction of sp³-hybridized carbons (Fsp3) is 0.148. The molecule has 5 nitrogen and oxygen atoms in total. The van der Waals surface area contributed by atoms with Crippen molar-refractivity contribution < 1.29 is 13.2 Å². The van der Waals surface area contributed by atoms with Crippen LogP contribution in [0.25, 0.3) is 5.57 Å². The standard InChI is InChI=1S/C27H26N2O3S/c1-5-15-29-23-14-10-9-13-22(23)24(21-11-7-6-8-12-21)26(33(29,31)32)27(30)28-25-19(3)16-18(2)17-20(25)4/h5-14,16-17H,1,15H2,2-4H3,(H,28,30). The highest BCUT2D eigenvalue weighted by atomic mass is 32.2. The molecular weight excluding hydrogens is 432 g/mol. The number of fused-ring (bicyclic) bond motifs is 1. The van der Waals surface area contributed by atoms with E-state index < -0.39 is 15.9 Å². The molecule has 1 N–H and O–H groups in total. The van der Waals surface area contributed by atoms with Gasteiger partial charge in [0.15, 0.2) is 4.91 Å². The third-order valence-electron chi connectivity index (χ3n) is 5.70. The van der Waals surface area contributed by atoms with Gasteiger partial charge in [-0.2, -0.15) is 0 Å². The van der Waals surface area contributed by atoms with Crippen molar-refractivity contribution in [2.45, 2.75) is 20.8 Å². The molecule has 0 unspecified atom stereocenters. The second kappa shape index (κ2) is 8.71. The molecule has 33 heavy (non-hydrogen) atoms. The molecule has 0 saturated carbocycles. The lowest BCUT2D eigenvalue weighted by atomic mass is 9.95. The van der Waals surface area contributed by atoms with Gasteiger partial charge in [-0.3, -0.25) is 9.10 Å². The summed E-state index contributed by atoms with van der Waals surface area (Å²) in [6, 6.07) is 20.3. The van der Waals surface area contributed by atoms with E-state index in [9.17, 15) is 13.2 Å². The topological polar surface area (TPSA) is 66.5 Å². The Morgan fingerprint density at radius 2 is 1.58 bits per heavy atom. The highest BCUT2D eigenvalue weighted by Crippen LogP contribution is 2.43. The fourth-order valence-electron chi connectivity index (χ4n) is 4.38. The number of carbonyl (C=O) groups excluding carboxylic acids is 1. The van der Waals surface area contributed by atoms with Crippen LogP contribution in [0.3, 0.4) is 0 Å². The molecule has 168 valence electrons. The van der Waals surface area contributed by atoms with Gasteiger partial charge in [-0.05, 0) is 43.5 Å². The van der Waals surface area contributed by atoms with E-state index in [0.29, 0.717) is 28.1 Å². The second-order valence-corrected chi connectivity index (χ2v) is 9.94. The summed E-state index contributed by atoms with van der Waals surface area (Å²) in [5, 5.41) is 2.90. The molecule has 6 heteroatoms. The number of anilines is 2. The second-order valence-electron chi connectivity index (χ2n) is 8.14. The number of aryl methyl sites for hydroxylation is 3. The van der Waals surface area contributed by atoms with E-state index in [0.717, 1.165) is 16.7 Å². The van der Waals surface area contributed by atoms with Gasteiger partial charge in [0.1, 0.15) is 0 Å². The number of hydrogen-bond acceptors (Lipinski definition) is 3. The van der Waals surface area contributed by atoms with Gasteiger partial charge in [0.25, 0.3) is 15.9 Å². The number of benzene rings is 3. The van der Waals surface area contributed by atoms with Gasteiger partial charge < -0.3 is 5.32 Å². The zero-order valence-electron chi connectivity index (χ0n) is 18.9. The van der Waals surface area contributed by atoms with Gasteiger partial charge in [-0.1, -0.05) is 72.3 Å². The number of sulfonamides is 1. The highest BCUT2D eigenvalue weighted by Gasteiger charge is 2.41. The minimum absolute atomic E-state index is 0.0563. The maximum absolute atomic E-state index is 13.9. The van der Waals surface area contributed by atoms with E-state index >= 15 is 0 Å². The number of hydrogen-bond donors (Lipinski definition) is 1. The average Bonchev–Trinajstić information content (AvgIpc) is 2.78. The lowest BCUT2D eigenvalue weighted by molar-refractivity contribution is -0.112. The van der Waals surface area contributed by atoms with Crippen LogP contribution >= 0.6 is 0 Å². The molecule has 0 saturated heterocycles. The van der Waals surface area contributed by atoms with Crippen LogP contribution in [0, 0.1) is 20.8 Å². The van der Waals surface area contributed by atoms with Crippen molar-refractivity contribution in [3.63, 3.8) is 0 Å². The molecule has 0 atom stereocenters. The zero-order chi connectivity index (χ0) is 23.8. The number of carbonyl (C=O) groups is 1. The first-order chi connectivity index (χ1) is 15.8. The lowest BCUT2D eigenvalue weighted by Crippen LogP contribution is -2.40. The minimum Gasteiger partial charge on any atom is -0.321 e. The van der Waals surface area contributed by atoms with Crippen LogP contribution in [0.1, 0.15) is 27.8 Å². The van der Waals surface area contributed by atoms with E-state index in [4.69, 9.17) is 0 Å². The highest BCUT2D eigenvalue weighted by molar-refractivity contribution is 7.97. The minimum atomic E-state index is -4.16. The van der Waals surface area contributed by atoms with E-state index in [-0.39, 0.29) is 11.4 Å². The molecule has 1 aliphatic heterocycles. The Balaban J connectivity index is 1.99. The molecule has 3 aromatic rings. The number of para-hydroxylation sites is 1. The van der Waals surface area contributed by atoms with Crippen LogP contribution in [0.5, 0.6) is 0 Å². The van der Waals surface area contributed by atoms with E-state index in [1.165, 1.54) is 10.4 Å². The van der Waals surface area contributed by atoms with Crippen molar-refractivity contribution in [1.82, 2.24) is 0 Å². The maximum Gasteiger partial charge on any atom is 0.270 e. The average molecular weight is 459 g/mol. The molecule has 1 heterocycles. The van der Waals surface area contributed by atoms with Crippen molar-refractivity contribution >= 4 is 32.9 Å². The first-order valence-corrected chi connectivity index (χ1v) is 12.1. The monoisotopic (exact) mass is 458 g/mol. The molecule has 4 rings (SSSR count). The molecule has 1 aliphatic rings. The Morgan fingerprint density at radius 3 is 2.21 bits per heavy atom. The van der Waals surface area contributed by atoms with Crippen LogP contribution < -0.4 is 9.62 Å². The van der Waals surface area contributed by atoms with Crippen molar-refractivity contribution in [2.75, 3.05) is 16.2 Å². The quantitative estimate of drug-likeness (QED) is 0.525. The fourth-order valence-corrected chi connectivity index (χ4v) is 6.09. The summed E-state index contributed by atoms with van der Waals surface area (Å²) in [6.45, 7) is 9.56. The van der Waals surface area contributed by atoms with Crippen molar-refractivity contribution in [1.29, 1.82) is 0 Å². The van der Waals surface area contributed by atoms with Crippen LogP contribution in [-0.4, -0.2) is 20.9 Å². The van der Waals surface area contributed by atoms with Crippen molar-refractivity contribution in [2.24, 2.45) is 0 Å². The van der Waals surface area contributed by atoms with Crippen molar-refractivity contribution in [3.05, 3.63) is 112 Å². The smallest absolute Gasteiger partial charge is 0.270 e. The summed E-state index contributed by atoms with van der Waals surface area (Å²) >= 11 is 0. The van der Waals surface area contributed by atoms with Crippen LogP contribution in [0.15, 0.2) is 84.3 Å². The Hall–Kier alpha value is -3.64. The Kier molecular flexibility index (Phi) is 5.95. The van der Waals surface area contributed by atoms with E-state index in [1.807, 2.05) is 75.4 Å². The maximum atomic E-state index is 13.9. The number of nitrogens with zero attached hydrogens (tertiary/aromatic N) is 1. The summed E-state index contributed by atoms with van der Waals surface area (Å²) in [7, 11) is -4.16. The predicted molar refractivity (Wildman–Crippen MR) is 135 cm³/mol. The Bertz CT molecular complexity index is 1370. The Morgan fingerprint density at radius 1 is 0.970 bits per heavy atom. The molecule has 0 aliphatic carbocycles. The number of nitrogens with one attached hydrogen (secondary N) is 1. The van der Waals surface area contributed by atoms with Gasteiger partial charge >= 0.3 is 0 Å². The first-order valence-electron chi connectivity index (χ1n) is 10.7. The van der Waals surface area contributed by atoms with Crippen LogP contribution in [0.2, 0.25) is 0 Å². The number of amides is 1. The van der Waals surface area contributed by atoms with E-state index in [2.05, 4.69) is 11.9 Å². The molecule has 0 aromatic heterocycles. The van der Waals surface area contributed by atoms with Gasteiger partial charge in [0, 0.05) is 16.8 Å². The number of rotatable bonds is 5. The Labute approximate surface area is 195 Å². The third-order valence-corrected chi connectivity index (χ3v) is 7.53. The first kappa shape index (κ1) is 22.6. The lowest BCUT2D eigenvalue weighted by Gasteiger charge is -2.33. The van der Waals surface area contributed by atoms with Crippen LogP contribution in [-0.2, 0) is 14.8 Å². The van der Waals surface area contributed by atoms with E-state index in [1.54, 1.807) is 12.1 Å². The molecule has 0 fully saturated rings. The van der Waals surface area contributed by atoms with Crippen molar-refractivity contribution in [3.8, 4) is 0 Å². The normalized spacial score (nSPS) is 14.6. The SMILES string of the molecule is C=CCN1c2ccccc2C(c2ccccc2)=C(C(=O)Nc2c(C)cc(C)cc2C)S1(=O)=O. The van der Waals surface area contributed by atoms with Gasteiger partial charge in [-0.25, -0.2) is 8.42 Å². The molecule has 3 aromatic carbocycles. The third kappa shape index (κ3) is 3.98. The predicted octanol–water partition coefficient (Wildman–Crippen LogP) is 5.35. The molecule has 0 radical (unpaired) electrons. The van der Waals surface area contributed by atoms with Gasteiger partial charge in [0.05, 0.1) is 12.2 Å². The summed E-state index contributed by atoms with van der Waals surface area (Å²) in [5.74, 6) is -0.660. The summed E-state index contributed by atoms with van der Waals surface area (Å²) in [6.07, 6.45) is 1.52. The molecule has 0 spiro atoms. The zero-order valence-corrected chi connectivity index (χ0v) is 19.7. The summed E-state index contributed by atoms with van der Waals surface area (Å²) in [5.41, 5.74) is 5.70.